The van der Waals surface area contributed by atoms with Gasteiger partial charge < -0.3 is 4.74 Å². The summed E-state index contributed by atoms with van der Waals surface area (Å²) in [6.45, 7) is 9.09. The lowest BCUT2D eigenvalue weighted by atomic mass is 9.86. The minimum absolute atomic E-state index is 0.422. The van der Waals surface area contributed by atoms with Crippen molar-refractivity contribution in [2.24, 2.45) is 5.92 Å². The molecule has 0 amide bonds. The van der Waals surface area contributed by atoms with E-state index < -0.39 is 0 Å². The fraction of sp³-hybridized carbons (Fsp3) is 1.00. The molecule has 0 radical (unpaired) electrons. The second kappa shape index (κ2) is 4.84. The van der Waals surface area contributed by atoms with Crippen LogP contribution in [0.25, 0.3) is 0 Å². The van der Waals surface area contributed by atoms with Crippen molar-refractivity contribution in [3.05, 3.63) is 0 Å². The third-order valence-corrected chi connectivity index (χ3v) is 3.87. The van der Waals surface area contributed by atoms with Gasteiger partial charge in [-0.2, -0.15) is 0 Å². The largest absolute Gasteiger partial charge is 0.373 e. The zero-order chi connectivity index (χ0) is 10.8. The SMILES string of the molecule is CC1CCCC(N2CC(C)OC(C)C2)C1. The molecule has 15 heavy (non-hydrogen) atoms. The van der Waals surface area contributed by atoms with E-state index >= 15 is 0 Å². The van der Waals surface area contributed by atoms with Crippen LogP contribution in [0, 0.1) is 5.92 Å². The maximum Gasteiger partial charge on any atom is 0.0678 e. The molecule has 0 bridgehead atoms. The Balaban J connectivity index is 1.91. The molecule has 0 spiro atoms. The summed E-state index contributed by atoms with van der Waals surface area (Å²) < 4.78 is 5.79. The van der Waals surface area contributed by atoms with Crippen LogP contribution in [0.1, 0.15) is 46.5 Å². The van der Waals surface area contributed by atoms with Crippen LogP contribution in [-0.2, 0) is 4.74 Å². The third-order valence-electron chi connectivity index (χ3n) is 3.87. The first-order chi connectivity index (χ1) is 7.15. The van der Waals surface area contributed by atoms with Crippen LogP contribution in [-0.4, -0.2) is 36.2 Å². The lowest BCUT2D eigenvalue weighted by Gasteiger charge is -2.42. The van der Waals surface area contributed by atoms with Crippen molar-refractivity contribution >= 4 is 0 Å². The Kier molecular flexibility index (Phi) is 3.68. The minimum Gasteiger partial charge on any atom is -0.373 e. The standard InChI is InChI=1S/C13H25NO/c1-10-5-4-6-13(7-10)14-8-11(2)15-12(3)9-14/h10-13H,4-9H2,1-3H3. The van der Waals surface area contributed by atoms with Gasteiger partial charge in [0.2, 0.25) is 0 Å². The van der Waals surface area contributed by atoms with Crippen molar-refractivity contribution in [1.29, 1.82) is 0 Å². The normalized spacial score (nSPS) is 44.2. The molecule has 88 valence electrons. The van der Waals surface area contributed by atoms with E-state index in [-0.39, 0.29) is 0 Å². The van der Waals surface area contributed by atoms with Gasteiger partial charge in [-0.3, -0.25) is 4.90 Å². The lowest BCUT2D eigenvalue weighted by molar-refractivity contribution is -0.0858. The Bertz CT molecular complexity index is 197. The summed E-state index contributed by atoms with van der Waals surface area (Å²) in [6, 6.07) is 0.836. The average molecular weight is 211 g/mol. The van der Waals surface area contributed by atoms with E-state index in [0.29, 0.717) is 12.2 Å². The molecule has 2 rings (SSSR count). The Morgan fingerprint density at radius 1 is 1.00 bits per heavy atom. The molecule has 2 aliphatic rings. The zero-order valence-corrected chi connectivity index (χ0v) is 10.4. The van der Waals surface area contributed by atoms with Crippen molar-refractivity contribution in [3.8, 4) is 0 Å². The predicted octanol–water partition coefficient (Wildman–Crippen LogP) is 2.67. The van der Waals surface area contributed by atoms with Gasteiger partial charge in [0, 0.05) is 19.1 Å². The number of rotatable bonds is 1. The molecule has 2 fully saturated rings. The Labute approximate surface area is 94.0 Å². The van der Waals surface area contributed by atoms with Crippen molar-refractivity contribution in [3.63, 3.8) is 0 Å². The fourth-order valence-corrected chi connectivity index (χ4v) is 3.25. The molecule has 2 heteroatoms. The summed E-state index contributed by atoms with van der Waals surface area (Å²) in [4.78, 5) is 2.68. The van der Waals surface area contributed by atoms with Crippen LogP contribution in [0.4, 0.5) is 0 Å². The first kappa shape index (κ1) is 11.4. The molecule has 0 aromatic rings. The second-order valence-corrected chi connectivity index (χ2v) is 5.64. The van der Waals surface area contributed by atoms with Gasteiger partial charge in [-0.1, -0.05) is 19.8 Å². The fourth-order valence-electron chi connectivity index (χ4n) is 3.25. The van der Waals surface area contributed by atoms with Gasteiger partial charge in [0.1, 0.15) is 0 Å². The van der Waals surface area contributed by atoms with Gasteiger partial charge in [0.15, 0.2) is 0 Å². The van der Waals surface area contributed by atoms with E-state index in [1.54, 1.807) is 0 Å². The van der Waals surface area contributed by atoms with Crippen LogP contribution < -0.4 is 0 Å². The number of hydrogen-bond donors (Lipinski definition) is 0. The number of nitrogens with zero attached hydrogens (tertiary/aromatic N) is 1. The first-order valence-electron chi connectivity index (χ1n) is 6.54. The smallest absolute Gasteiger partial charge is 0.0678 e. The Morgan fingerprint density at radius 2 is 1.67 bits per heavy atom. The van der Waals surface area contributed by atoms with E-state index in [0.717, 1.165) is 25.0 Å². The van der Waals surface area contributed by atoms with Crippen molar-refractivity contribution in [2.75, 3.05) is 13.1 Å². The molecule has 0 N–H and O–H groups in total. The minimum atomic E-state index is 0.422. The summed E-state index contributed by atoms with van der Waals surface area (Å²) >= 11 is 0. The maximum atomic E-state index is 5.79. The molecule has 1 saturated heterocycles. The van der Waals surface area contributed by atoms with Crippen LogP contribution in [0.2, 0.25) is 0 Å². The number of ether oxygens (including phenoxy) is 1. The zero-order valence-electron chi connectivity index (χ0n) is 10.4. The molecule has 0 aromatic carbocycles. The summed E-state index contributed by atoms with van der Waals surface area (Å²) in [7, 11) is 0. The van der Waals surface area contributed by atoms with Gasteiger partial charge in [0.05, 0.1) is 12.2 Å². The monoisotopic (exact) mass is 211 g/mol. The van der Waals surface area contributed by atoms with Crippen LogP contribution in [0.3, 0.4) is 0 Å². The summed E-state index contributed by atoms with van der Waals surface area (Å²) in [6.07, 6.45) is 6.51. The van der Waals surface area contributed by atoms with Gasteiger partial charge in [-0.15, -0.1) is 0 Å². The Morgan fingerprint density at radius 3 is 2.27 bits per heavy atom. The molecule has 1 saturated carbocycles. The molecule has 1 heterocycles. The van der Waals surface area contributed by atoms with Gasteiger partial charge in [-0.25, -0.2) is 0 Å². The highest BCUT2D eigenvalue weighted by Crippen LogP contribution is 2.29. The molecule has 1 aliphatic heterocycles. The summed E-state index contributed by atoms with van der Waals surface area (Å²) in [5.41, 5.74) is 0. The highest BCUT2D eigenvalue weighted by Gasteiger charge is 2.30. The molecule has 0 aromatic heterocycles. The third kappa shape index (κ3) is 2.94. The second-order valence-electron chi connectivity index (χ2n) is 5.64. The van der Waals surface area contributed by atoms with Crippen molar-refractivity contribution in [2.45, 2.75) is 64.7 Å². The van der Waals surface area contributed by atoms with E-state index in [1.165, 1.54) is 25.7 Å². The molecule has 1 aliphatic carbocycles. The van der Waals surface area contributed by atoms with E-state index in [9.17, 15) is 0 Å². The van der Waals surface area contributed by atoms with E-state index in [1.807, 2.05) is 0 Å². The molecular weight excluding hydrogens is 186 g/mol. The molecule has 4 atom stereocenters. The average Bonchev–Trinajstić information content (AvgIpc) is 2.16. The number of hydrogen-bond acceptors (Lipinski definition) is 2. The quantitative estimate of drug-likeness (QED) is 0.661. The van der Waals surface area contributed by atoms with Gasteiger partial charge in [-0.05, 0) is 32.6 Å². The summed E-state index contributed by atoms with van der Waals surface area (Å²) in [5.74, 6) is 0.928. The highest BCUT2D eigenvalue weighted by molar-refractivity contribution is 4.83. The van der Waals surface area contributed by atoms with Crippen LogP contribution in [0.15, 0.2) is 0 Å². The maximum absolute atomic E-state index is 5.79. The van der Waals surface area contributed by atoms with E-state index in [2.05, 4.69) is 25.7 Å². The molecular formula is C13H25NO. The van der Waals surface area contributed by atoms with Gasteiger partial charge >= 0.3 is 0 Å². The topological polar surface area (TPSA) is 12.5 Å². The Hall–Kier alpha value is -0.0800. The first-order valence-corrected chi connectivity index (χ1v) is 6.54. The highest BCUT2D eigenvalue weighted by atomic mass is 16.5. The van der Waals surface area contributed by atoms with Gasteiger partial charge in [0.25, 0.3) is 0 Å². The molecule has 2 nitrogen and oxygen atoms in total. The predicted molar refractivity (Wildman–Crippen MR) is 63.0 cm³/mol. The van der Waals surface area contributed by atoms with Crippen molar-refractivity contribution < 1.29 is 4.74 Å². The van der Waals surface area contributed by atoms with Crippen LogP contribution in [0.5, 0.6) is 0 Å². The summed E-state index contributed by atoms with van der Waals surface area (Å²) in [5, 5.41) is 0. The van der Waals surface area contributed by atoms with Crippen LogP contribution >= 0.6 is 0 Å². The molecule has 4 unspecified atom stereocenters. The van der Waals surface area contributed by atoms with E-state index in [4.69, 9.17) is 4.74 Å². The lowest BCUT2D eigenvalue weighted by Crippen LogP contribution is -2.51. The number of morpholine rings is 1. The van der Waals surface area contributed by atoms with Crippen molar-refractivity contribution in [1.82, 2.24) is 4.90 Å².